The number of carbonyl (C=O) groups excluding carboxylic acids is 1. The van der Waals surface area contributed by atoms with Crippen molar-refractivity contribution < 1.29 is 19.0 Å². The quantitative estimate of drug-likeness (QED) is 0.533. The number of likely N-dealkylation sites (tertiary alicyclic amines) is 1. The van der Waals surface area contributed by atoms with Gasteiger partial charge in [-0.05, 0) is 55.4 Å². The molecule has 0 aromatic heterocycles. The Kier molecular flexibility index (Phi) is 3.64. The maximum atomic E-state index is 13.1. The van der Waals surface area contributed by atoms with Crippen LogP contribution in [0, 0.1) is 5.92 Å². The molecular formula is C25H29NO4. The van der Waals surface area contributed by atoms with Crippen LogP contribution < -0.4 is 9.47 Å². The van der Waals surface area contributed by atoms with Gasteiger partial charge in [-0.25, -0.2) is 0 Å². The highest BCUT2D eigenvalue weighted by Crippen LogP contribution is 2.77. The van der Waals surface area contributed by atoms with Crippen molar-refractivity contribution in [2.45, 2.75) is 56.1 Å². The van der Waals surface area contributed by atoms with E-state index in [2.05, 4.69) is 24.5 Å². The molecule has 2 heterocycles. The number of ether oxygens (including phenoxy) is 3. The third-order valence-corrected chi connectivity index (χ3v) is 8.44. The van der Waals surface area contributed by atoms with E-state index >= 15 is 0 Å². The van der Waals surface area contributed by atoms with Gasteiger partial charge in [-0.3, -0.25) is 9.69 Å². The predicted molar refractivity (Wildman–Crippen MR) is 114 cm³/mol. The lowest BCUT2D eigenvalue weighted by Crippen LogP contribution is -2.68. The van der Waals surface area contributed by atoms with Gasteiger partial charge in [-0.1, -0.05) is 6.08 Å². The van der Waals surface area contributed by atoms with Crippen LogP contribution in [-0.4, -0.2) is 49.6 Å². The number of carbonyl (C=O) groups is 1. The summed E-state index contributed by atoms with van der Waals surface area (Å²) in [5.74, 6) is 2.28. The molecule has 1 saturated heterocycles. The van der Waals surface area contributed by atoms with Crippen LogP contribution in [0.2, 0.25) is 0 Å². The van der Waals surface area contributed by atoms with Crippen LogP contribution in [0.1, 0.15) is 49.8 Å². The van der Waals surface area contributed by atoms with Gasteiger partial charge < -0.3 is 14.2 Å². The Labute approximate surface area is 177 Å². The zero-order chi connectivity index (χ0) is 20.8. The van der Waals surface area contributed by atoms with E-state index in [1.54, 1.807) is 7.11 Å². The molecule has 2 aliphatic heterocycles. The van der Waals surface area contributed by atoms with E-state index in [9.17, 15) is 4.79 Å². The second-order valence-corrected chi connectivity index (χ2v) is 9.61. The number of allylic oxidation sites excluding steroid dienone is 1. The molecule has 2 spiro atoms. The van der Waals surface area contributed by atoms with Crippen molar-refractivity contribution >= 4 is 11.4 Å². The van der Waals surface area contributed by atoms with Gasteiger partial charge in [0.1, 0.15) is 0 Å². The minimum Gasteiger partial charge on any atom is -0.501 e. The third kappa shape index (κ3) is 1.83. The molecule has 2 saturated carbocycles. The number of fused-ring (bicyclic) bond motifs is 1. The van der Waals surface area contributed by atoms with Crippen molar-refractivity contribution in [3.05, 3.63) is 41.7 Å². The fourth-order valence-electron chi connectivity index (χ4n) is 7.75. The molecule has 30 heavy (non-hydrogen) atoms. The van der Waals surface area contributed by atoms with Gasteiger partial charge in [0.25, 0.3) is 0 Å². The molecule has 2 bridgehead atoms. The van der Waals surface area contributed by atoms with Crippen molar-refractivity contribution in [3.8, 4) is 11.5 Å². The Balaban J connectivity index is 1.63. The summed E-state index contributed by atoms with van der Waals surface area (Å²) in [6.45, 7) is 10.7. The monoisotopic (exact) mass is 407 g/mol. The number of rotatable bonds is 6. The highest BCUT2D eigenvalue weighted by Gasteiger charge is 2.80. The van der Waals surface area contributed by atoms with Crippen molar-refractivity contribution in [1.82, 2.24) is 4.90 Å². The average molecular weight is 408 g/mol. The number of Topliss-reactive ketones (excluding diaryl/α,β-unsaturated/α-hetero) is 1. The molecular weight excluding hydrogens is 378 g/mol. The van der Waals surface area contributed by atoms with Gasteiger partial charge in [0.15, 0.2) is 23.4 Å². The van der Waals surface area contributed by atoms with Crippen molar-refractivity contribution in [1.29, 1.82) is 0 Å². The smallest absolute Gasteiger partial charge is 0.174 e. The molecule has 1 aromatic carbocycles. The van der Waals surface area contributed by atoms with Crippen LogP contribution in [0.25, 0.3) is 5.57 Å². The number of benzene rings is 1. The predicted octanol–water partition coefficient (Wildman–Crippen LogP) is 3.60. The van der Waals surface area contributed by atoms with Crippen molar-refractivity contribution in [2.24, 2.45) is 5.92 Å². The lowest BCUT2D eigenvalue weighted by Gasteiger charge is -2.58. The maximum absolute atomic E-state index is 13.1. The molecule has 0 N–H and O–H groups in total. The summed E-state index contributed by atoms with van der Waals surface area (Å²) in [4.78, 5) is 15.6. The van der Waals surface area contributed by atoms with Crippen LogP contribution >= 0.6 is 0 Å². The van der Waals surface area contributed by atoms with Crippen LogP contribution in [0.4, 0.5) is 0 Å². The van der Waals surface area contributed by atoms with Gasteiger partial charge in [0.2, 0.25) is 0 Å². The number of methoxy groups -OCH3 is 1. The summed E-state index contributed by atoms with van der Waals surface area (Å²) >= 11 is 0. The van der Waals surface area contributed by atoms with Crippen LogP contribution in [0.15, 0.2) is 25.0 Å². The zero-order valence-electron chi connectivity index (χ0n) is 18.0. The molecule has 1 aromatic rings. The lowest BCUT2D eigenvalue weighted by atomic mass is 9.57. The first kappa shape index (κ1) is 18.5. The summed E-state index contributed by atoms with van der Waals surface area (Å²) in [7, 11) is 1.69. The topological polar surface area (TPSA) is 48.0 Å². The van der Waals surface area contributed by atoms with Crippen molar-refractivity contribution in [2.75, 3.05) is 26.8 Å². The number of nitrogens with zero attached hydrogens (tertiary/aromatic N) is 1. The second-order valence-electron chi connectivity index (χ2n) is 9.61. The first-order chi connectivity index (χ1) is 14.5. The van der Waals surface area contributed by atoms with Gasteiger partial charge in [0.05, 0.1) is 20.0 Å². The molecule has 5 aliphatic rings. The first-order valence-electron chi connectivity index (χ1n) is 11.1. The summed E-state index contributed by atoms with van der Waals surface area (Å²) < 4.78 is 17.9. The normalized spacial score (nSPS) is 37.4. The van der Waals surface area contributed by atoms with Crippen LogP contribution in [-0.2, 0) is 20.4 Å². The summed E-state index contributed by atoms with van der Waals surface area (Å²) in [6.07, 6.45) is 6.11. The third-order valence-electron chi connectivity index (χ3n) is 8.44. The van der Waals surface area contributed by atoms with E-state index in [1.807, 2.05) is 19.3 Å². The summed E-state index contributed by atoms with van der Waals surface area (Å²) in [5, 5.41) is 0. The molecule has 3 fully saturated rings. The number of ketones is 1. The van der Waals surface area contributed by atoms with E-state index in [0.717, 1.165) is 43.0 Å². The van der Waals surface area contributed by atoms with E-state index in [-0.39, 0.29) is 22.7 Å². The maximum Gasteiger partial charge on any atom is 0.174 e. The highest BCUT2D eigenvalue weighted by molar-refractivity contribution is 5.92. The van der Waals surface area contributed by atoms with E-state index < -0.39 is 0 Å². The Morgan fingerprint density at radius 1 is 1.43 bits per heavy atom. The van der Waals surface area contributed by atoms with Crippen molar-refractivity contribution in [3.63, 3.8) is 0 Å². The Hall–Kier alpha value is -2.27. The van der Waals surface area contributed by atoms with E-state index in [4.69, 9.17) is 14.2 Å². The average Bonchev–Trinajstić information content (AvgIpc) is 3.31. The Morgan fingerprint density at radius 2 is 2.27 bits per heavy atom. The SMILES string of the molecule is C=CCN1CC23C[C@@]45c6c(c(OC)cc(/C(C)=C/OCC)c62)OC4C(=O)CCC5C13. The van der Waals surface area contributed by atoms with Gasteiger partial charge in [0, 0.05) is 41.9 Å². The Morgan fingerprint density at radius 3 is 3.00 bits per heavy atom. The summed E-state index contributed by atoms with van der Waals surface area (Å²) in [5.41, 5.74) is 4.86. The molecule has 4 unspecified atom stereocenters. The molecule has 5 nitrogen and oxygen atoms in total. The Bertz CT molecular complexity index is 1010. The van der Waals surface area contributed by atoms with E-state index in [0.29, 0.717) is 25.0 Å². The number of hydrogen-bond acceptors (Lipinski definition) is 5. The molecule has 3 aliphatic carbocycles. The zero-order valence-corrected chi connectivity index (χ0v) is 18.0. The molecule has 0 amide bonds. The minimum absolute atomic E-state index is 0.0906. The minimum atomic E-state index is -0.360. The molecule has 6 rings (SSSR count). The largest absolute Gasteiger partial charge is 0.501 e. The fourth-order valence-corrected chi connectivity index (χ4v) is 7.75. The molecule has 158 valence electrons. The molecule has 5 heteroatoms. The van der Waals surface area contributed by atoms with Gasteiger partial charge >= 0.3 is 0 Å². The van der Waals surface area contributed by atoms with Crippen LogP contribution in [0.3, 0.4) is 0 Å². The highest BCUT2D eigenvalue weighted by atomic mass is 16.5. The first-order valence-corrected chi connectivity index (χ1v) is 11.1. The summed E-state index contributed by atoms with van der Waals surface area (Å²) in [6, 6.07) is 2.56. The fraction of sp³-hybridized carbons (Fsp3) is 0.560. The molecule has 5 atom stereocenters. The van der Waals surface area contributed by atoms with Crippen LogP contribution in [0.5, 0.6) is 11.5 Å². The molecule has 0 radical (unpaired) electrons. The lowest BCUT2D eigenvalue weighted by molar-refractivity contribution is -0.133. The number of hydrogen-bond donors (Lipinski definition) is 0. The van der Waals surface area contributed by atoms with Gasteiger partial charge in [-0.2, -0.15) is 0 Å². The second kappa shape index (κ2) is 5.91. The standard InChI is InChI=1S/C25H29NO4/c1-5-9-26-13-24-12-25-16(22(24)26)7-8-17(27)23(25)30-21-18(28-4)10-15(19(24)20(21)25)14(3)11-29-6-2/h5,10-11,16,22-23H,1,6-9,12-13H2,2-4H3/b14-11+/t16?,22?,23?,24?,25-/m1/s1. The van der Waals surface area contributed by atoms with Gasteiger partial charge in [-0.15, -0.1) is 6.58 Å². The van der Waals surface area contributed by atoms with E-state index in [1.165, 1.54) is 16.7 Å².